The van der Waals surface area contributed by atoms with E-state index in [0.29, 0.717) is 11.4 Å². The number of imidazole rings is 2. The van der Waals surface area contributed by atoms with Gasteiger partial charge in [0.2, 0.25) is 23.6 Å². The van der Waals surface area contributed by atoms with Crippen molar-refractivity contribution in [3.05, 3.63) is 36.4 Å². The van der Waals surface area contributed by atoms with Gasteiger partial charge in [-0.05, 0) is 12.3 Å². The fourth-order valence-electron chi connectivity index (χ4n) is 3.31. The van der Waals surface area contributed by atoms with E-state index in [1.54, 1.807) is 13.8 Å². The van der Waals surface area contributed by atoms with Gasteiger partial charge in [-0.25, -0.2) is 14.8 Å². The highest BCUT2D eigenvalue weighted by atomic mass is 16.4. The van der Waals surface area contributed by atoms with E-state index in [1.807, 2.05) is 0 Å². The zero-order chi connectivity index (χ0) is 27.5. The Morgan fingerprint density at radius 3 is 1.81 bits per heavy atom. The first kappa shape index (κ1) is 29.0. The first-order chi connectivity index (χ1) is 17.5. The second-order valence-electron chi connectivity index (χ2n) is 8.86. The number of amides is 4. The first-order valence-corrected chi connectivity index (χ1v) is 11.6. The number of carbonyl (C=O) groups is 5. The van der Waals surface area contributed by atoms with Crippen molar-refractivity contribution < 1.29 is 29.1 Å². The van der Waals surface area contributed by atoms with Crippen LogP contribution in [0.15, 0.2) is 25.0 Å². The van der Waals surface area contributed by atoms with Gasteiger partial charge in [0.25, 0.3) is 0 Å². The summed E-state index contributed by atoms with van der Waals surface area (Å²) in [4.78, 5) is 75.2. The third-order valence-electron chi connectivity index (χ3n) is 5.54. The smallest absolute Gasteiger partial charge is 0.326 e. The number of carboxylic acid groups (broad SMARTS) is 1. The van der Waals surface area contributed by atoms with Crippen LogP contribution in [0.25, 0.3) is 0 Å². The molecule has 2 rings (SSSR count). The molecule has 15 heteroatoms. The molecule has 4 amide bonds. The van der Waals surface area contributed by atoms with Crippen molar-refractivity contribution in [2.45, 2.75) is 63.7 Å². The van der Waals surface area contributed by atoms with Gasteiger partial charge in [-0.15, -0.1) is 0 Å². The lowest BCUT2D eigenvalue weighted by Crippen LogP contribution is -2.58. The number of aromatic amines is 2. The zero-order valence-electron chi connectivity index (χ0n) is 20.6. The number of H-pyrrole nitrogens is 2. The second-order valence-corrected chi connectivity index (χ2v) is 8.86. The van der Waals surface area contributed by atoms with Crippen molar-refractivity contribution in [2.24, 2.45) is 17.4 Å². The number of nitrogens with two attached hydrogens (primary N) is 2. The minimum atomic E-state index is -1.32. The van der Waals surface area contributed by atoms with Gasteiger partial charge in [0.15, 0.2) is 0 Å². The van der Waals surface area contributed by atoms with E-state index in [0.717, 1.165) is 0 Å². The van der Waals surface area contributed by atoms with Crippen LogP contribution in [0.3, 0.4) is 0 Å². The number of nitrogens with one attached hydrogen (secondary N) is 5. The highest BCUT2D eigenvalue weighted by Crippen LogP contribution is 2.06. The summed E-state index contributed by atoms with van der Waals surface area (Å²) in [6.45, 7) is 3.46. The third-order valence-corrected chi connectivity index (χ3v) is 5.54. The SMILES string of the molecule is CC(C)C(N)C(=O)NC(CCC(N)=O)C(=O)NC(Cc1cnc[nH]1)C(=O)NC(Cc1cnc[nH]1)C(=O)O. The van der Waals surface area contributed by atoms with Crippen molar-refractivity contribution >= 4 is 29.6 Å². The van der Waals surface area contributed by atoms with E-state index in [9.17, 15) is 29.1 Å². The van der Waals surface area contributed by atoms with Crippen LogP contribution >= 0.6 is 0 Å². The maximum Gasteiger partial charge on any atom is 0.326 e. The Labute approximate surface area is 212 Å². The van der Waals surface area contributed by atoms with Crippen molar-refractivity contribution in [1.82, 2.24) is 35.9 Å². The molecule has 0 aliphatic heterocycles. The number of nitrogens with zero attached hydrogens (tertiary/aromatic N) is 2. The van der Waals surface area contributed by atoms with Gasteiger partial charge in [0.05, 0.1) is 18.7 Å². The van der Waals surface area contributed by atoms with Gasteiger partial charge < -0.3 is 42.5 Å². The summed E-state index contributed by atoms with van der Waals surface area (Å²) in [7, 11) is 0. The molecule has 0 saturated heterocycles. The second kappa shape index (κ2) is 13.7. The lowest BCUT2D eigenvalue weighted by Gasteiger charge is -2.25. The van der Waals surface area contributed by atoms with Crippen LogP contribution < -0.4 is 27.4 Å². The molecule has 2 heterocycles. The molecule has 202 valence electrons. The minimum absolute atomic E-state index is 0.0596. The Morgan fingerprint density at radius 1 is 0.865 bits per heavy atom. The van der Waals surface area contributed by atoms with Gasteiger partial charge in [-0.3, -0.25) is 19.2 Å². The van der Waals surface area contributed by atoms with Crippen molar-refractivity contribution in [3.8, 4) is 0 Å². The standard InChI is InChI=1S/C22H33N9O6/c1-11(2)18(24)21(35)29-14(3-4-17(23)32)19(33)30-15(5-12-7-25-9-27-12)20(34)31-16(22(36)37)6-13-8-26-10-28-13/h7-11,14-16,18H,3-6,24H2,1-2H3,(H2,23,32)(H,25,27)(H,26,28)(H,29,35)(H,30,33)(H,31,34)(H,36,37). The predicted octanol–water partition coefficient (Wildman–Crippen LogP) is -2.29. The van der Waals surface area contributed by atoms with Crippen LogP contribution in [-0.4, -0.2) is 78.8 Å². The van der Waals surface area contributed by atoms with E-state index >= 15 is 0 Å². The normalized spacial score (nSPS) is 14.3. The number of primary amides is 1. The number of rotatable bonds is 15. The molecule has 2 aromatic rings. The van der Waals surface area contributed by atoms with Crippen molar-refractivity contribution in [3.63, 3.8) is 0 Å². The van der Waals surface area contributed by atoms with Crippen molar-refractivity contribution in [1.29, 1.82) is 0 Å². The number of carboxylic acids is 1. The number of hydrogen-bond acceptors (Lipinski definition) is 8. The Morgan fingerprint density at radius 2 is 1.35 bits per heavy atom. The molecular weight excluding hydrogens is 486 g/mol. The molecule has 4 unspecified atom stereocenters. The molecule has 2 aromatic heterocycles. The highest BCUT2D eigenvalue weighted by Gasteiger charge is 2.31. The molecule has 10 N–H and O–H groups in total. The molecule has 37 heavy (non-hydrogen) atoms. The van der Waals surface area contributed by atoms with Gasteiger partial charge in [-0.2, -0.15) is 0 Å². The van der Waals surface area contributed by atoms with Gasteiger partial charge in [-0.1, -0.05) is 13.8 Å². The van der Waals surface area contributed by atoms with Crippen molar-refractivity contribution in [2.75, 3.05) is 0 Å². The zero-order valence-corrected chi connectivity index (χ0v) is 20.6. The van der Waals surface area contributed by atoms with E-state index in [4.69, 9.17) is 11.5 Å². The molecule has 4 atom stereocenters. The van der Waals surface area contributed by atoms with E-state index in [1.165, 1.54) is 25.0 Å². The summed E-state index contributed by atoms with van der Waals surface area (Å²) < 4.78 is 0. The number of carbonyl (C=O) groups excluding carboxylic acids is 4. The number of aliphatic carboxylic acids is 1. The molecule has 0 fully saturated rings. The van der Waals surface area contributed by atoms with E-state index in [-0.39, 0.29) is 31.6 Å². The predicted molar refractivity (Wildman–Crippen MR) is 129 cm³/mol. The van der Waals surface area contributed by atoms with Crippen LogP contribution in [-0.2, 0) is 36.8 Å². The summed E-state index contributed by atoms with van der Waals surface area (Å²) in [5.74, 6) is -4.36. The topological polar surface area (TPSA) is 251 Å². The Bertz CT molecular complexity index is 1050. The van der Waals surface area contributed by atoms with E-state index < -0.39 is 53.8 Å². The Kier molecular flexibility index (Phi) is 10.7. The third kappa shape index (κ3) is 9.36. The van der Waals surface area contributed by atoms with Crippen LogP contribution in [0.1, 0.15) is 38.1 Å². The quantitative estimate of drug-likeness (QED) is 0.126. The molecule has 0 aliphatic carbocycles. The molecular formula is C22H33N9O6. The van der Waals surface area contributed by atoms with Gasteiger partial charge >= 0.3 is 5.97 Å². The van der Waals surface area contributed by atoms with Crippen LogP contribution in [0, 0.1) is 5.92 Å². The van der Waals surface area contributed by atoms with Crippen LogP contribution in [0.4, 0.5) is 0 Å². The molecule has 0 aromatic carbocycles. The average molecular weight is 520 g/mol. The Hall–Kier alpha value is -4.27. The fraction of sp³-hybridized carbons (Fsp3) is 0.500. The maximum absolute atomic E-state index is 13.1. The number of aromatic nitrogens is 4. The summed E-state index contributed by atoms with van der Waals surface area (Å²) in [6, 6.07) is -4.69. The average Bonchev–Trinajstić information content (AvgIpc) is 3.54. The van der Waals surface area contributed by atoms with Gasteiger partial charge in [0, 0.05) is 43.0 Å². The largest absolute Gasteiger partial charge is 0.480 e. The van der Waals surface area contributed by atoms with Crippen LogP contribution in [0.2, 0.25) is 0 Å². The maximum atomic E-state index is 13.1. The van der Waals surface area contributed by atoms with Crippen LogP contribution in [0.5, 0.6) is 0 Å². The molecule has 0 aliphatic rings. The van der Waals surface area contributed by atoms with Gasteiger partial charge in [0.1, 0.15) is 18.1 Å². The van der Waals surface area contributed by atoms with E-state index in [2.05, 4.69) is 35.9 Å². The molecule has 0 radical (unpaired) electrons. The summed E-state index contributed by atoms with van der Waals surface area (Å²) >= 11 is 0. The molecule has 0 spiro atoms. The lowest BCUT2D eigenvalue weighted by atomic mass is 10.0. The Balaban J connectivity index is 2.21. The summed E-state index contributed by atoms with van der Waals surface area (Å²) in [5.41, 5.74) is 12.1. The molecule has 0 saturated carbocycles. The minimum Gasteiger partial charge on any atom is -0.480 e. The summed E-state index contributed by atoms with van der Waals surface area (Å²) in [5, 5.41) is 17.1. The lowest BCUT2D eigenvalue weighted by molar-refractivity contribution is -0.142. The fourth-order valence-corrected chi connectivity index (χ4v) is 3.31. The molecule has 0 bridgehead atoms. The summed E-state index contributed by atoms with van der Waals surface area (Å²) in [6.07, 6.45) is 5.16. The monoisotopic (exact) mass is 519 g/mol. The first-order valence-electron chi connectivity index (χ1n) is 11.6. The molecule has 15 nitrogen and oxygen atoms in total. The highest BCUT2D eigenvalue weighted by molar-refractivity contribution is 5.94. The number of hydrogen-bond donors (Lipinski definition) is 8.